The van der Waals surface area contributed by atoms with Gasteiger partial charge in [0.25, 0.3) is 0 Å². The number of hydrogen-bond acceptors (Lipinski definition) is 9. The highest BCUT2D eigenvalue weighted by atomic mass is 16.6. The first-order chi connectivity index (χ1) is 10.9. The van der Waals surface area contributed by atoms with Crippen LogP contribution in [0.2, 0.25) is 0 Å². The zero-order valence-corrected chi connectivity index (χ0v) is 13.2. The summed E-state index contributed by atoms with van der Waals surface area (Å²) < 4.78 is 5.55. The first kappa shape index (κ1) is 16.5. The average Bonchev–Trinajstić information content (AvgIpc) is 3.02. The van der Waals surface area contributed by atoms with Crippen molar-refractivity contribution in [3.63, 3.8) is 0 Å². The molecule has 1 fully saturated rings. The highest BCUT2D eigenvalue weighted by Crippen LogP contribution is 2.30. The SMILES string of the molecule is CC(C)CC1(N)N=CN=C2C1=NCN2[C@@H]1O[C@H](CO)[C@@H](O)[C@H]1O. The van der Waals surface area contributed by atoms with Gasteiger partial charge < -0.3 is 30.7 Å². The molecule has 1 unspecified atom stereocenters. The third-order valence-electron chi connectivity index (χ3n) is 4.29. The summed E-state index contributed by atoms with van der Waals surface area (Å²) >= 11 is 0. The van der Waals surface area contributed by atoms with Crippen LogP contribution in [0.15, 0.2) is 15.0 Å². The van der Waals surface area contributed by atoms with E-state index in [1.807, 2.05) is 0 Å². The van der Waals surface area contributed by atoms with Crippen LogP contribution in [-0.2, 0) is 4.74 Å². The molecule has 0 aromatic heterocycles. The van der Waals surface area contributed by atoms with Crippen molar-refractivity contribution in [3.8, 4) is 0 Å². The van der Waals surface area contributed by atoms with Gasteiger partial charge in [0.15, 0.2) is 17.7 Å². The van der Waals surface area contributed by atoms with Gasteiger partial charge in [-0.2, -0.15) is 0 Å². The number of nitrogens with two attached hydrogens (primary N) is 1. The molecule has 3 heterocycles. The molecule has 0 aromatic rings. The third-order valence-corrected chi connectivity index (χ3v) is 4.29. The lowest BCUT2D eigenvalue weighted by Gasteiger charge is -2.33. The molecule has 9 heteroatoms. The molecule has 23 heavy (non-hydrogen) atoms. The highest BCUT2D eigenvalue weighted by molar-refractivity contribution is 6.47. The van der Waals surface area contributed by atoms with Gasteiger partial charge in [0.1, 0.15) is 37.0 Å². The molecule has 0 amide bonds. The van der Waals surface area contributed by atoms with Gasteiger partial charge in [0, 0.05) is 0 Å². The summed E-state index contributed by atoms with van der Waals surface area (Å²) in [6, 6.07) is 0. The second-order valence-electron chi connectivity index (χ2n) is 6.57. The van der Waals surface area contributed by atoms with E-state index in [0.717, 1.165) is 0 Å². The molecule has 0 spiro atoms. The molecule has 128 valence electrons. The van der Waals surface area contributed by atoms with Crippen LogP contribution in [0, 0.1) is 5.92 Å². The fourth-order valence-corrected chi connectivity index (χ4v) is 3.24. The number of nitrogens with zero attached hydrogens (tertiary/aromatic N) is 4. The van der Waals surface area contributed by atoms with Crippen molar-refractivity contribution >= 4 is 17.9 Å². The van der Waals surface area contributed by atoms with Gasteiger partial charge in [-0.25, -0.2) is 9.98 Å². The normalized spacial score (nSPS) is 39.7. The molecule has 0 aliphatic carbocycles. The molecule has 0 aromatic carbocycles. The molecule has 3 rings (SSSR count). The van der Waals surface area contributed by atoms with Gasteiger partial charge in [0.2, 0.25) is 0 Å². The minimum absolute atomic E-state index is 0.209. The lowest BCUT2D eigenvalue weighted by atomic mass is 9.92. The molecule has 3 aliphatic rings. The van der Waals surface area contributed by atoms with Crippen LogP contribution in [0.3, 0.4) is 0 Å². The molecule has 5 N–H and O–H groups in total. The predicted octanol–water partition coefficient (Wildman–Crippen LogP) is -1.72. The van der Waals surface area contributed by atoms with E-state index in [4.69, 9.17) is 10.5 Å². The van der Waals surface area contributed by atoms with Crippen molar-refractivity contribution in [2.45, 2.75) is 50.5 Å². The molecular weight excluding hydrogens is 302 g/mol. The summed E-state index contributed by atoms with van der Waals surface area (Å²) in [5.74, 6) is 0.820. The number of aliphatic hydroxyl groups is 3. The van der Waals surface area contributed by atoms with Crippen molar-refractivity contribution in [2.24, 2.45) is 26.6 Å². The van der Waals surface area contributed by atoms with Crippen molar-refractivity contribution in [2.75, 3.05) is 13.3 Å². The Morgan fingerprint density at radius 1 is 1.43 bits per heavy atom. The fourth-order valence-electron chi connectivity index (χ4n) is 3.24. The number of rotatable bonds is 4. The standard InChI is InChI=1S/C14H23N5O4/c1-7(2)3-14(15)11-12(16-5-18-14)19(6-17-11)13-10(22)9(21)8(4-20)23-13/h5,7-10,13,20-22H,3-4,6,15H2,1-2H3/t8-,9-,10-,13-,14?/m1/s1. The van der Waals surface area contributed by atoms with E-state index in [0.29, 0.717) is 23.9 Å². The van der Waals surface area contributed by atoms with Gasteiger partial charge in [0.05, 0.1) is 6.61 Å². The summed E-state index contributed by atoms with van der Waals surface area (Å²) in [5.41, 5.74) is 6.01. The zero-order valence-electron chi connectivity index (χ0n) is 13.2. The van der Waals surface area contributed by atoms with Crippen LogP contribution in [0.25, 0.3) is 0 Å². The van der Waals surface area contributed by atoms with Crippen molar-refractivity contribution in [3.05, 3.63) is 0 Å². The number of aliphatic imine (C=N–C) groups is 3. The Morgan fingerprint density at radius 3 is 2.78 bits per heavy atom. The summed E-state index contributed by atoms with van der Waals surface area (Å²) in [4.78, 5) is 14.6. The lowest BCUT2D eigenvalue weighted by Crippen LogP contribution is -2.56. The summed E-state index contributed by atoms with van der Waals surface area (Å²) in [6.07, 6.45) is -1.99. The molecule has 0 radical (unpaired) electrons. The van der Waals surface area contributed by atoms with Crippen LogP contribution < -0.4 is 5.73 Å². The number of ether oxygens (including phenoxy) is 1. The Bertz CT molecular complexity index is 563. The fraction of sp³-hybridized carbons (Fsp3) is 0.786. The molecule has 0 saturated carbocycles. The minimum Gasteiger partial charge on any atom is -0.394 e. The Kier molecular flexibility index (Phi) is 4.23. The average molecular weight is 325 g/mol. The maximum absolute atomic E-state index is 10.2. The van der Waals surface area contributed by atoms with Crippen LogP contribution in [-0.4, -0.2) is 81.6 Å². The van der Waals surface area contributed by atoms with Gasteiger partial charge in [-0.15, -0.1) is 0 Å². The van der Waals surface area contributed by atoms with Gasteiger partial charge in [-0.05, 0) is 12.3 Å². The first-order valence-corrected chi connectivity index (χ1v) is 7.72. The Labute approximate surface area is 134 Å². The van der Waals surface area contributed by atoms with E-state index in [9.17, 15) is 15.3 Å². The second kappa shape index (κ2) is 5.91. The summed E-state index contributed by atoms with van der Waals surface area (Å²) in [5, 5.41) is 29.3. The van der Waals surface area contributed by atoms with Crippen molar-refractivity contribution in [1.29, 1.82) is 0 Å². The van der Waals surface area contributed by atoms with Gasteiger partial charge in [-0.3, -0.25) is 4.99 Å². The second-order valence-corrected chi connectivity index (χ2v) is 6.57. The predicted molar refractivity (Wildman–Crippen MR) is 84.2 cm³/mol. The highest BCUT2D eigenvalue weighted by Gasteiger charge is 2.50. The van der Waals surface area contributed by atoms with E-state index < -0.39 is 30.2 Å². The molecule has 1 saturated heterocycles. The number of amidine groups is 1. The van der Waals surface area contributed by atoms with E-state index in [-0.39, 0.29) is 13.3 Å². The smallest absolute Gasteiger partial charge is 0.162 e. The molecule has 9 nitrogen and oxygen atoms in total. The van der Waals surface area contributed by atoms with Crippen LogP contribution in [0.4, 0.5) is 0 Å². The maximum Gasteiger partial charge on any atom is 0.162 e. The Hall–Kier alpha value is -1.39. The van der Waals surface area contributed by atoms with Gasteiger partial charge in [-0.1, -0.05) is 13.8 Å². The van der Waals surface area contributed by atoms with E-state index in [2.05, 4.69) is 28.8 Å². The quantitative estimate of drug-likeness (QED) is 0.485. The monoisotopic (exact) mass is 325 g/mol. The first-order valence-electron chi connectivity index (χ1n) is 7.72. The van der Waals surface area contributed by atoms with Gasteiger partial charge >= 0.3 is 0 Å². The number of aliphatic hydroxyl groups excluding tert-OH is 3. The molecular formula is C14H23N5O4. The lowest BCUT2D eigenvalue weighted by molar-refractivity contribution is -0.0688. The largest absolute Gasteiger partial charge is 0.394 e. The van der Waals surface area contributed by atoms with Crippen LogP contribution >= 0.6 is 0 Å². The Balaban J connectivity index is 1.82. The topological polar surface area (TPSA) is 136 Å². The molecule has 3 aliphatic heterocycles. The molecule has 0 bridgehead atoms. The van der Waals surface area contributed by atoms with Crippen molar-refractivity contribution < 1.29 is 20.1 Å². The summed E-state index contributed by atoms with van der Waals surface area (Å²) in [7, 11) is 0. The van der Waals surface area contributed by atoms with E-state index >= 15 is 0 Å². The number of hydrogen-bond donors (Lipinski definition) is 4. The zero-order chi connectivity index (χ0) is 16.8. The molecule has 5 atom stereocenters. The number of fused-ring (bicyclic) bond motifs is 1. The summed E-state index contributed by atoms with van der Waals surface area (Å²) in [6.45, 7) is 3.93. The minimum atomic E-state index is -1.17. The van der Waals surface area contributed by atoms with Crippen LogP contribution in [0.1, 0.15) is 20.3 Å². The maximum atomic E-state index is 10.2. The Morgan fingerprint density at radius 2 is 2.17 bits per heavy atom. The van der Waals surface area contributed by atoms with Crippen molar-refractivity contribution in [1.82, 2.24) is 4.90 Å². The van der Waals surface area contributed by atoms with E-state index in [1.54, 1.807) is 4.90 Å². The van der Waals surface area contributed by atoms with E-state index in [1.165, 1.54) is 6.34 Å². The van der Waals surface area contributed by atoms with Crippen LogP contribution in [0.5, 0.6) is 0 Å². The third kappa shape index (κ3) is 2.68.